The Morgan fingerprint density at radius 1 is 1.39 bits per heavy atom. The molecule has 18 heavy (non-hydrogen) atoms. The Labute approximate surface area is 107 Å². The summed E-state index contributed by atoms with van der Waals surface area (Å²) in [6, 6.07) is 7.90. The van der Waals surface area contributed by atoms with Crippen LogP contribution in [0.4, 0.5) is 0 Å². The van der Waals surface area contributed by atoms with Crippen molar-refractivity contribution in [1.29, 1.82) is 0 Å². The van der Waals surface area contributed by atoms with E-state index in [1.54, 1.807) is 7.11 Å². The van der Waals surface area contributed by atoms with Crippen molar-refractivity contribution >= 4 is 12.1 Å². The zero-order valence-corrected chi connectivity index (χ0v) is 10.7. The van der Waals surface area contributed by atoms with Crippen LogP contribution in [0.5, 0.6) is 0 Å². The maximum Gasteiger partial charge on any atom is 0.498 e. The van der Waals surface area contributed by atoms with Crippen LogP contribution in [-0.4, -0.2) is 47.4 Å². The van der Waals surface area contributed by atoms with E-state index in [2.05, 4.69) is 0 Å². The van der Waals surface area contributed by atoms with Crippen molar-refractivity contribution in [2.24, 2.45) is 0 Å². The number of hydrogen-bond acceptors (Lipinski definition) is 3. The second-order valence-corrected chi connectivity index (χ2v) is 5.67. The lowest BCUT2D eigenvalue weighted by molar-refractivity contribution is -0.869. The zero-order chi connectivity index (χ0) is 12.8. The van der Waals surface area contributed by atoms with Gasteiger partial charge in [0.2, 0.25) is 0 Å². The molecule has 2 aliphatic rings. The minimum Gasteiger partial charge on any atom is -0.524 e. The molecule has 2 aliphatic heterocycles. The monoisotopic (exact) mass is 249 g/mol. The van der Waals surface area contributed by atoms with Crippen molar-refractivity contribution < 1.29 is 19.2 Å². The maximum atomic E-state index is 10.7. The first kappa shape index (κ1) is 12.2. The van der Waals surface area contributed by atoms with Gasteiger partial charge in [0.1, 0.15) is 0 Å². The van der Waals surface area contributed by atoms with Gasteiger partial charge in [0.05, 0.1) is 19.2 Å². The SMILES string of the molecule is COCC1CCC[N@+]12Cc1ccccc1[B-]2(O)O. The summed E-state index contributed by atoms with van der Waals surface area (Å²) in [5, 5.41) is 21.5. The molecule has 0 aromatic heterocycles. The predicted molar refractivity (Wildman–Crippen MR) is 70.0 cm³/mol. The first-order chi connectivity index (χ1) is 8.62. The number of nitrogens with zero attached hydrogens (tertiary/aromatic N) is 1. The molecule has 2 atom stereocenters. The Hall–Kier alpha value is -0.875. The third kappa shape index (κ3) is 1.42. The average molecular weight is 249 g/mol. The summed E-state index contributed by atoms with van der Waals surface area (Å²) in [5.74, 6) is 0. The number of methoxy groups -OCH3 is 1. The van der Waals surface area contributed by atoms with Crippen LogP contribution < -0.4 is 5.46 Å². The van der Waals surface area contributed by atoms with Gasteiger partial charge in [-0.05, 0) is 12.0 Å². The standard InChI is InChI=1S/C13H20BNO3/c1-18-10-12-6-4-8-15(12)9-11-5-2-3-7-13(11)14(15,16)17/h2-3,5,7,12,16-17H,4,6,8-10H2,1H3/t12?,15-/m0/s1. The molecule has 98 valence electrons. The van der Waals surface area contributed by atoms with Crippen LogP contribution >= 0.6 is 0 Å². The van der Waals surface area contributed by atoms with Gasteiger partial charge >= 0.3 is 6.69 Å². The summed E-state index contributed by atoms with van der Waals surface area (Å²) in [7, 11) is 1.68. The molecular weight excluding hydrogens is 229 g/mol. The zero-order valence-electron chi connectivity index (χ0n) is 10.7. The molecule has 2 heterocycles. The van der Waals surface area contributed by atoms with Crippen LogP contribution in [0.2, 0.25) is 0 Å². The lowest BCUT2D eigenvalue weighted by atomic mass is 9.62. The summed E-state index contributed by atoms with van der Waals surface area (Å²) < 4.78 is 5.66. The first-order valence-corrected chi connectivity index (χ1v) is 6.65. The van der Waals surface area contributed by atoms with Gasteiger partial charge in [-0.3, -0.25) is 0 Å². The Morgan fingerprint density at radius 2 is 2.17 bits per heavy atom. The molecule has 1 fully saturated rings. The van der Waals surface area contributed by atoms with Gasteiger partial charge in [-0.15, -0.1) is 0 Å². The number of fused-ring (bicyclic) bond motifs is 1. The van der Waals surface area contributed by atoms with Crippen molar-refractivity contribution in [3.63, 3.8) is 0 Å². The molecular formula is C13H20BNO3. The summed E-state index contributed by atoms with van der Waals surface area (Å²) in [5.41, 5.74) is 1.80. The van der Waals surface area contributed by atoms with Crippen LogP contribution in [0.25, 0.3) is 0 Å². The van der Waals surface area contributed by atoms with Crippen LogP contribution in [0.15, 0.2) is 24.3 Å². The van der Waals surface area contributed by atoms with Crippen molar-refractivity contribution in [3.05, 3.63) is 29.8 Å². The fourth-order valence-corrected chi connectivity index (χ4v) is 3.94. The number of ether oxygens (including phenoxy) is 1. The summed E-state index contributed by atoms with van der Waals surface area (Å²) >= 11 is 0. The number of quaternary nitrogens is 1. The molecule has 0 bridgehead atoms. The molecule has 1 aromatic carbocycles. The van der Waals surface area contributed by atoms with E-state index < -0.39 is 6.69 Å². The molecule has 4 nitrogen and oxygen atoms in total. The third-order valence-corrected chi connectivity index (χ3v) is 4.85. The van der Waals surface area contributed by atoms with E-state index in [0.717, 1.165) is 37.0 Å². The van der Waals surface area contributed by atoms with Crippen molar-refractivity contribution in [3.8, 4) is 0 Å². The van der Waals surface area contributed by atoms with Gasteiger partial charge in [0.25, 0.3) is 0 Å². The van der Waals surface area contributed by atoms with Gasteiger partial charge in [0.15, 0.2) is 0 Å². The number of hydrogen-bond donors (Lipinski definition) is 2. The quantitative estimate of drug-likeness (QED) is 0.723. The van der Waals surface area contributed by atoms with E-state index in [1.807, 2.05) is 24.3 Å². The molecule has 0 amide bonds. The van der Waals surface area contributed by atoms with Gasteiger partial charge in [-0.25, -0.2) is 0 Å². The van der Waals surface area contributed by atoms with Crippen molar-refractivity contribution in [2.45, 2.75) is 25.4 Å². The van der Waals surface area contributed by atoms with E-state index >= 15 is 0 Å². The highest BCUT2D eigenvalue weighted by molar-refractivity contribution is 6.73. The van der Waals surface area contributed by atoms with Crippen LogP contribution in [0.1, 0.15) is 18.4 Å². The second-order valence-electron chi connectivity index (χ2n) is 5.67. The smallest absolute Gasteiger partial charge is 0.498 e. The van der Waals surface area contributed by atoms with E-state index in [1.165, 1.54) is 0 Å². The third-order valence-electron chi connectivity index (χ3n) is 4.85. The largest absolute Gasteiger partial charge is 0.524 e. The number of rotatable bonds is 2. The minimum atomic E-state index is -2.51. The van der Waals surface area contributed by atoms with E-state index in [0.29, 0.717) is 11.0 Å². The molecule has 1 saturated heterocycles. The van der Waals surface area contributed by atoms with E-state index in [4.69, 9.17) is 4.74 Å². The highest BCUT2D eigenvalue weighted by atomic mass is 16.5. The molecule has 1 unspecified atom stereocenters. The molecule has 1 spiro atoms. The topological polar surface area (TPSA) is 49.7 Å². The highest BCUT2D eigenvalue weighted by Gasteiger charge is 2.58. The lowest BCUT2D eigenvalue weighted by Gasteiger charge is -2.51. The summed E-state index contributed by atoms with van der Waals surface area (Å²) in [4.78, 5) is 0. The Bertz CT molecular complexity index is 465. The van der Waals surface area contributed by atoms with Gasteiger partial charge in [-0.2, -0.15) is 0 Å². The fourth-order valence-electron chi connectivity index (χ4n) is 3.94. The van der Waals surface area contributed by atoms with Gasteiger partial charge in [-0.1, -0.05) is 29.7 Å². The van der Waals surface area contributed by atoms with Gasteiger partial charge in [0, 0.05) is 20.1 Å². The summed E-state index contributed by atoms with van der Waals surface area (Å²) in [6.45, 7) is -0.367. The molecule has 0 radical (unpaired) electrons. The Kier molecular flexibility index (Phi) is 2.75. The van der Waals surface area contributed by atoms with Crippen molar-refractivity contribution in [2.75, 3.05) is 20.3 Å². The normalized spacial score (nSPS) is 32.9. The Balaban J connectivity index is 2.05. The highest BCUT2D eigenvalue weighted by Crippen LogP contribution is 2.38. The predicted octanol–water partition coefficient (Wildman–Crippen LogP) is -0.0437. The molecule has 5 heteroatoms. The molecule has 3 rings (SSSR count). The maximum absolute atomic E-state index is 10.7. The van der Waals surface area contributed by atoms with Crippen LogP contribution in [0, 0.1) is 0 Å². The molecule has 0 aliphatic carbocycles. The lowest BCUT2D eigenvalue weighted by Crippen LogP contribution is -2.72. The van der Waals surface area contributed by atoms with Crippen LogP contribution in [-0.2, 0) is 11.3 Å². The van der Waals surface area contributed by atoms with E-state index in [9.17, 15) is 10.0 Å². The number of benzene rings is 1. The van der Waals surface area contributed by atoms with Crippen molar-refractivity contribution in [1.82, 2.24) is 0 Å². The summed E-state index contributed by atoms with van der Waals surface area (Å²) in [6.07, 6.45) is 2.04. The Morgan fingerprint density at radius 3 is 2.89 bits per heavy atom. The molecule has 1 aromatic rings. The van der Waals surface area contributed by atoms with Gasteiger partial charge < -0.3 is 19.2 Å². The average Bonchev–Trinajstić information content (AvgIpc) is 2.84. The van der Waals surface area contributed by atoms with E-state index in [-0.39, 0.29) is 6.04 Å². The van der Waals surface area contributed by atoms with Crippen LogP contribution in [0.3, 0.4) is 0 Å². The first-order valence-electron chi connectivity index (χ1n) is 6.65. The fraction of sp³-hybridized carbons (Fsp3) is 0.538. The second kappa shape index (κ2) is 4.06. The molecule has 0 saturated carbocycles. The molecule has 2 N–H and O–H groups in total. The minimum absolute atomic E-state index is 0.192.